The average molecular weight is 1040 g/mol. The molecule has 9 amide bonds. The number of hydrogen-bond acceptors (Lipinski definition) is 14. The molecule has 0 fully saturated rings. The zero-order valence-electron chi connectivity index (χ0n) is 44.5. The van der Waals surface area contributed by atoms with Gasteiger partial charge in [0.2, 0.25) is 53.2 Å². The molecule has 0 saturated carbocycles. The number of nitrogens with one attached hydrogen (secondary N) is 8. The lowest BCUT2D eigenvalue weighted by molar-refractivity contribution is -0.143. The van der Waals surface area contributed by atoms with Crippen LogP contribution in [0.2, 0.25) is 0 Å². The van der Waals surface area contributed by atoms with Gasteiger partial charge in [-0.15, -0.1) is 0 Å². The third kappa shape index (κ3) is 27.1. The van der Waals surface area contributed by atoms with Crippen LogP contribution in [0.5, 0.6) is 0 Å². The van der Waals surface area contributed by atoms with Crippen molar-refractivity contribution in [3.05, 3.63) is 0 Å². The van der Waals surface area contributed by atoms with Gasteiger partial charge in [0.05, 0.1) is 18.2 Å². The number of carbonyl (C=O) groups excluding carboxylic acids is 9. The SMILES string of the molecule is CC(C)C[C@H](NC(=O)[C@@H](NC(=O)[C@H](CC(C)C)NC(=O)[C@H](CCC(=O)O)NC(=O)[C@@H](NC(=O)[C@H](CC(C)C)NC(=O)[C@H](CCC(N)=O)NC(=O)[C@H](CC(C)C)NC(=O)[C@@H](N)CC(C)C)[C@@H](C)O)[C@@H](C)O)C(=O)O. The summed E-state index contributed by atoms with van der Waals surface area (Å²) in [6.45, 7) is 19.9. The first-order chi connectivity index (χ1) is 33.7. The highest BCUT2D eigenvalue weighted by molar-refractivity contribution is 5.98. The Hall–Kier alpha value is -5.95. The molecule has 0 aliphatic carbocycles. The molecule has 0 radical (unpaired) electrons. The minimum Gasteiger partial charge on any atom is -0.481 e. The lowest BCUT2D eigenvalue weighted by Crippen LogP contribution is -2.62. The predicted molar refractivity (Wildman–Crippen MR) is 267 cm³/mol. The summed E-state index contributed by atoms with van der Waals surface area (Å²) in [7, 11) is 0. The molecule has 0 unspecified atom stereocenters. The molecule has 0 bridgehead atoms. The Labute approximate surface area is 428 Å². The zero-order valence-corrected chi connectivity index (χ0v) is 44.5. The van der Waals surface area contributed by atoms with Gasteiger partial charge in [-0.2, -0.15) is 0 Å². The van der Waals surface area contributed by atoms with Crippen molar-refractivity contribution >= 4 is 65.1 Å². The Kier molecular flexibility index (Phi) is 30.3. The molecular formula is C48H86N10O15. The van der Waals surface area contributed by atoms with Gasteiger partial charge in [-0.1, -0.05) is 69.2 Å². The highest BCUT2D eigenvalue weighted by Crippen LogP contribution is 2.14. The number of carbonyl (C=O) groups is 11. The molecule has 0 rings (SSSR count). The molecule has 418 valence electrons. The van der Waals surface area contributed by atoms with Crippen molar-refractivity contribution in [3.8, 4) is 0 Å². The number of carboxylic acid groups (broad SMARTS) is 2. The van der Waals surface area contributed by atoms with E-state index in [0.29, 0.717) is 6.42 Å². The Bertz CT molecular complexity index is 1880. The number of carboxylic acids is 2. The van der Waals surface area contributed by atoms with E-state index >= 15 is 0 Å². The molecule has 0 aliphatic rings. The summed E-state index contributed by atoms with van der Waals surface area (Å²) in [6, 6.07) is -13.1. The number of nitrogens with two attached hydrogens (primary N) is 2. The van der Waals surface area contributed by atoms with E-state index < -0.39 is 145 Å². The summed E-state index contributed by atoms with van der Waals surface area (Å²) in [4.78, 5) is 145. The molecule has 0 aromatic heterocycles. The van der Waals surface area contributed by atoms with Gasteiger partial charge < -0.3 is 74.4 Å². The van der Waals surface area contributed by atoms with Gasteiger partial charge in [-0.25, -0.2) is 4.79 Å². The van der Waals surface area contributed by atoms with Crippen molar-refractivity contribution in [2.75, 3.05) is 0 Å². The van der Waals surface area contributed by atoms with Crippen LogP contribution in [-0.2, 0) is 52.7 Å². The summed E-state index contributed by atoms with van der Waals surface area (Å²) >= 11 is 0. The van der Waals surface area contributed by atoms with E-state index in [4.69, 9.17) is 11.5 Å². The lowest BCUT2D eigenvalue weighted by Gasteiger charge is -2.30. The van der Waals surface area contributed by atoms with Crippen molar-refractivity contribution in [2.45, 2.75) is 207 Å². The summed E-state index contributed by atoms with van der Waals surface area (Å²) in [5.74, 6) is -12.0. The number of primary amides is 1. The topological polar surface area (TPSA) is 417 Å². The predicted octanol–water partition coefficient (Wildman–Crippen LogP) is -1.60. The van der Waals surface area contributed by atoms with Crippen LogP contribution < -0.4 is 54.0 Å². The van der Waals surface area contributed by atoms with E-state index in [0.717, 1.165) is 6.92 Å². The van der Waals surface area contributed by atoms with Gasteiger partial charge in [-0.05, 0) is 88.4 Å². The average Bonchev–Trinajstić information content (AvgIpc) is 3.24. The normalized spacial score (nSPS) is 16.1. The Morgan fingerprint density at radius 1 is 0.370 bits per heavy atom. The first kappa shape index (κ1) is 67.0. The fraction of sp³-hybridized carbons (Fsp3) is 0.771. The molecule has 25 heteroatoms. The number of hydrogen-bond donors (Lipinski definition) is 14. The van der Waals surface area contributed by atoms with Crippen LogP contribution in [0.3, 0.4) is 0 Å². The van der Waals surface area contributed by atoms with Gasteiger partial charge in [0.1, 0.15) is 48.3 Å². The lowest BCUT2D eigenvalue weighted by atomic mass is 9.99. The maximum Gasteiger partial charge on any atom is 0.326 e. The van der Waals surface area contributed by atoms with Crippen LogP contribution in [0.25, 0.3) is 0 Å². The Morgan fingerprint density at radius 3 is 0.959 bits per heavy atom. The Morgan fingerprint density at radius 2 is 0.644 bits per heavy atom. The molecule has 0 saturated heterocycles. The molecule has 0 spiro atoms. The standard InChI is InChI=1S/C48H86N10O15/c1-22(2)17-29(49)40(64)53-32(18-23(3)4)43(67)51-30(13-15-36(50)61)41(65)54-33(19-24(5)6)44(68)57-38(27(11)59)46(70)52-31(14-16-37(62)63)42(66)55-34(20-25(7)8)45(69)58-39(28(12)60)47(71)56-35(48(72)73)21-26(9)10/h22-35,38-39,59-60H,13-21,49H2,1-12H3,(H2,50,61)(H,51,67)(H,52,70)(H,53,64)(H,54,65)(H,55,66)(H,56,71)(H,57,68)(H,58,69)(H,62,63)(H,72,73)/t27-,28-,29+,30+,31+,32+,33+,34+,35+,38+,39+/m1/s1. The van der Waals surface area contributed by atoms with Gasteiger partial charge in [0, 0.05) is 12.8 Å². The Balaban J connectivity index is 6.69. The first-order valence-electron chi connectivity index (χ1n) is 24.9. The van der Waals surface area contributed by atoms with Crippen LogP contribution in [0, 0.1) is 29.6 Å². The minimum absolute atomic E-state index is 0.0331. The summed E-state index contributed by atoms with van der Waals surface area (Å²) in [6.07, 6.45) is -4.83. The number of aliphatic carboxylic acids is 2. The molecule has 11 atom stereocenters. The summed E-state index contributed by atoms with van der Waals surface area (Å²) < 4.78 is 0. The highest BCUT2D eigenvalue weighted by Gasteiger charge is 2.37. The largest absolute Gasteiger partial charge is 0.481 e. The molecule has 0 aliphatic heterocycles. The molecule has 0 aromatic carbocycles. The van der Waals surface area contributed by atoms with Crippen LogP contribution in [0.1, 0.15) is 141 Å². The molecular weight excluding hydrogens is 957 g/mol. The maximum atomic E-state index is 14.0. The van der Waals surface area contributed by atoms with Gasteiger partial charge >= 0.3 is 11.9 Å². The fourth-order valence-electron chi connectivity index (χ4n) is 7.45. The number of rotatable bonds is 35. The van der Waals surface area contributed by atoms with E-state index in [2.05, 4.69) is 42.5 Å². The summed E-state index contributed by atoms with van der Waals surface area (Å²) in [5, 5.41) is 59.9. The monoisotopic (exact) mass is 1040 g/mol. The smallest absolute Gasteiger partial charge is 0.326 e. The van der Waals surface area contributed by atoms with Gasteiger partial charge in [0.15, 0.2) is 0 Å². The highest BCUT2D eigenvalue weighted by atomic mass is 16.4. The van der Waals surface area contributed by atoms with Crippen LogP contribution >= 0.6 is 0 Å². The maximum absolute atomic E-state index is 14.0. The van der Waals surface area contributed by atoms with Crippen molar-refractivity contribution in [1.82, 2.24) is 42.5 Å². The number of aliphatic hydroxyl groups excluding tert-OH is 2. The van der Waals surface area contributed by atoms with E-state index in [-0.39, 0.29) is 68.1 Å². The second-order valence-corrected chi connectivity index (χ2v) is 20.9. The number of amides is 9. The number of aliphatic hydroxyl groups is 2. The molecule has 25 nitrogen and oxygen atoms in total. The second kappa shape index (κ2) is 33.0. The molecule has 16 N–H and O–H groups in total. The van der Waals surface area contributed by atoms with Crippen LogP contribution in [-0.4, -0.2) is 152 Å². The van der Waals surface area contributed by atoms with E-state index in [1.165, 1.54) is 6.92 Å². The molecule has 0 aromatic rings. The third-order valence-electron chi connectivity index (χ3n) is 11.1. The quantitative estimate of drug-likeness (QED) is 0.0340. The van der Waals surface area contributed by atoms with Crippen LogP contribution in [0.15, 0.2) is 0 Å². The molecule has 0 heterocycles. The zero-order chi connectivity index (χ0) is 56.6. The summed E-state index contributed by atoms with van der Waals surface area (Å²) in [5.41, 5.74) is 11.4. The van der Waals surface area contributed by atoms with Crippen molar-refractivity contribution in [2.24, 2.45) is 41.1 Å². The van der Waals surface area contributed by atoms with E-state index in [9.17, 15) is 73.2 Å². The van der Waals surface area contributed by atoms with Crippen molar-refractivity contribution < 1.29 is 73.2 Å². The fourth-order valence-corrected chi connectivity index (χ4v) is 7.45. The third-order valence-corrected chi connectivity index (χ3v) is 11.1. The second-order valence-electron chi connectivity index (χ2n) is 20.9. The van der Waals surface area contributed by atoms with Crippen molar-refractivity contribution in [1.29, 1.82) is 0 Å². The minimum atomic E-state index is -1.85. The van der Waals surface area contributed by atoms with Gasteiger partial charge in [-0.3, -0.25) is 47.9 Å². The van der Waals surface area contributed by atoms with E-state index in [1.807, 2.05) is 13.8 Å². The van der Waals surface area contributed by atoms with E-state index in [1.54, 1.807) is 55.4 Å². The van der Waals surface area contributed by atoms with Crippen LogP contribution in [0.4, 0.5) is 0 Å². The van der Waals surface area contributed by atoms with Crippen molar-refractivity contribution in [3.63, 3.8) is 0 Å². The van der Waals surface area contributed by atoms with Gasteiger partial charge in [0.25, 0.3) is 0 Å². The molecule has 73 heavy (non-hydrogen) atoms. The first-order valence-corrected chi connectivity index (χ1v) is 24.9.